The highest BCUT2D eigenvalue weighted by atomic mass is 35.5. The van der Waals surface area contributed by atoms with E-state index in [-0.39, 0.29) is 64.3 Å². The Kier molecular flexibility index (Phi) is 12.2. The lowest BCUT2D eigenvalue weighted by molar-refractivity contribution is -0.149. The van der Waals surface area contributed by atoms with Gasteiger partial charge in [0.2, 0.25) is 0 Å². The first-order chi connectivity index (χ1) is 19.3. The maximum absolute atomic E-state index is 15.5. The van der Waals surface area contributed by atoms with Gasteiger partial charge in [0.25, 0.3) is 11.8 Å². The normalized spacial score (nSPS) is 13.1. The first kappa shape index (κ1) is 31.3. The van der Waals surface area contributed by atoms with E-state index < -0.39 is 29.6 Å². The summed E-state index contributed by atoms with van der Waals surface area (Å²) >= 11 is 7.27. The van der Waals surface area contributed by atoms with Crippen molar-refractivity contribution >= 4 is 52.8 Å². The van der Waals surface area contributed by atoms with Gasteiger partial charge < -0.3 is 14.2 Å². The number of unbranched alkanes of at least 4 members (excludes halogenated alkanes) is 1. The summed E-state index contributed by atoms with van der Waals surface area (Å²) in [5, 5.41) is 0.00730. The van der Waals surface area contributed by atoms with Crippen LogP contribution < -0.4 is 4.90 Å². The van der Waals surface area contributed by atoms with E-state index in [0.717, 1.165) is 35.6 Å². The van der Waals surface area contributed by atoms with E-state index in [9.17, 15) is 19.2 Å². The van der Waals surface area contributed by atoms with Crippen molar-refractivity contribution in [1.82, 2.24) is 0 Å². The van der Waals surface area contributed by atoms with Crippen molar-refractivity contribution in [2.75, 3.05) is 31.2 Å². The molecule has 0 fully saturated rings. The number of rotatable bonds is 12. The fourth-order valence-electron chi connectivity index (χ4n) is 4.03. The number of methoxy groups -OCH3 is 1. The Balaban J connectivity index is 2.04. The van der Waals surface area contributed by atoms with Gasteiger partial charge in [-0.2, -0.15) is 0 Å². The van der Waals surface area contributed by atoms with E-state index in [0.29, 0.717) is 12.8 Å². The second-order valence-electron chi connectivity index (χ2n) is 8.91. The van der Waals surface area contributed by atoms with Crippen molar-refractivity contribution in [3.63, 3.8) is 0 Å². The first-order valence-electron chi connectivity index (χ1n) is 12.9. The molecule has 11 heteroatoms. The lowest BCUT2D eigenvalue weighted by atomic mass is 9.90. The van der Waals surface area contributed by atoms with Gasteiger partial charge in [0.15, 0.2) is 6.79 Å². The van der Waals surface area contributed by atoms with Crippen molar-refractivity contribution in [2.45, 2.75) is 50.3 Å². The molecule has 2 amide bonds. The molecule has 3 rings (SSSR count). The molecule has 0 heterocycles. The molecule has 2 aromatic carbocycles. The number of thioether (sulfide) groups is 1. The number of anilines is 1. The van der Waals surface area contributed by atoms with Crippen LogP contribution in [0.3, 0.4) is 0 Å². The third kappa shape index (κ3) is 8.16. The molecule has 1 aliphatic rings. The van der Waals surface area contributed by atoms with Crippen molar-refractivity contribution < 1.29 is 37.8 Å². The average Bonchev–Trinajstić information content (AvgIpc) is 2.96. The van der Waals surface area contributed by atoms with E-state index in [1.54, 1.807) is 18.2 Å². The maximum atomic E-state index is 15.5. The van der Waals surface area contributed by atoms with Gasteiger partial charge in [-0.05, 0) is 56.4 Å². The second kappa shape index (κ2) is 15.5. The van der Waals surface area contributed by atoms with Gasteiger partial charge in [-0.3, -0.25) is 14.4 Å². The Bertz CT molecular complexity index is 1270. The van der Waals surface area contributed by atoms with E-state index in [4.69, 9.17) is 25.8 Å². The molecule has 40 heavy (non-hydrogen) atoms. The van der Waals surface area contributed by atoms with Gasteiger partial charge in [-0.1, -0.05) is 43.1 Å². The lowest BCUT2D eigenvalue weighted by Crippen LogP contribution is -2.40. The fourth-order valence-corrected chi connectivity index (χ4v) is 5.09. The zero-order chi connectivity index (χ0) is 29.1. The zero-order valence-corrected chi connectivity index (χ0v) is 23.9. The third-order valence-corrected chi connectivity index (χ3v) is 7.51. The fraction of sp³-hybridized carbons (Fsp3) is 0.379. The molecule has 0 unspecified atom stereocenters. The minimum absolute atomic E-state index is 0.00730. The van der Waals surface area contributed by atoms with Crippen molar-refractivity contribution in [3.8, 4) is 0 Å². The predicted molar refractivity (Wildman–Crippen MR) is 150 cm³/mol. The van der Waals surface area contributed by atoms with Crippen LogP contribution in [-0.4, -0.2) is 50.0 Å². The molecule has 0 N–H and O–H groups in total. The maximum Gasteiger partial charge on any atom is 0.336 e. The van der Waals surface area contributed by atoms with E-state index in [1.165, 1.54) is 25.3 Å². The summed E-state index contributed by atoms with van der Waals surface area (Å²) in [6.45, 7) is 1.96. The van der Waals surface area contributed by atoms with Gasteiger partial charge in [0.05, 0.1) is 23.1 Å². The van der Waals surface area contributed by atoms with Gasteiger partial charge in [-0.15, -0.1) is 11.8 Å². The van der Waals surface area contributed by atoms with Crippen LogP contribution in [0.4, 0.5) is 10.1 Å². The van der Waals surface area contributed by atoms with Crippen LogP contribution in [0.1, 0.15) is 55.8 Å². The van der Waals surface area contributed by atoms with Crippen molar-refractivity contribution in [2.24, 2.45) is 0 Å². The minimum atomic E-state index is -0.919. The molecule has 8 nitrogen and oxygen atoms in total. The number of imide groups is 1. The Morgan fingerprint density at radius 3 is 2.38 bits per heavy atom. The van der Waals surface area contributed by atoms with Crippen molar-refractivity contribution in [1.29, 1.82) is 0 Å². The number of ether oxygens (including phenoxy) is 3. The highest BCUT2D eigenvalue weighted by molar-refractivity contribution is 8.00. The molecule has 1 aliphatic carbocycles. The average molecular weight is 592 g/mol. The standard InChI is InChI=1S/C29H31ClFNO7S/c1-3-4-14-38-26(33)17-40-25-16-24(23(31)15-22(25)30)32(27(34)19-10-6-5-7-11-19)28(35)20-12-8-9-13-21(20)29(36)39-18-37-2/h5-7,10-11,15-16H,3-4,8-9,12-14,17-18H2,1-2H3. The van der Waals surface area contributed by atoms with Crippen LogP contribution in [0.15, 0.2) is 58.5 Å². The Labute approximate surface area is 241 Å². The van der Waals surface area contributed by atoms with E-state index in [2.05, 4.69) is 0 Å². The molecule has 0 saturated carbocycles. The predicted octanol–water partition coefficient (Wildman–Crippen LogP) is 6.11. The number of nitrogens with zero attached hydrogens (tertiary/aromatic N) is 1. The van der Waals surface area contributed by atoms with Crippen LogP contribution in [0.2, 0.25) is 5.02 Å². The molecular formula is C29H31ClFNO7S. The lowest BCUT2D eigenvalue weighted by Gasteiger charge is -2.26. The quantitative estimate of drug-likeness (QED) is 0.0959. The monoisotopic (exact) mass is 591 g/mol. The topological polar surface area (TPSA) is 99.2 Å². The van der Waals surface area contributed by atoms with Gasteiger partial charge in [0, 0.05) is 28.7 Å². The Morgan fingerprint density at radius 2 is 1.70 bits per heavy atom. The number of hydrogen-bond donors (Lipinski definition) is 0. The summed E-state index contributed by atoms with van der Waals surface area (Å²) in [6.07, 6.45) is 3.31. The van der Waals surface area contributed by atoms with Crippen molar-refractivity contribution in [3.05, 3.63) is 70.0 Å². The largest absolute Gasteiger partial charge is 0.465 e. The molecule has 214 valence electrons. The van der Waals surface area contributed by atoms with E-state index >= 15 is 4.39 Å². The molecule has 0 aliphatic heterocycles. The Morgan fingerprint density at radius 1 is 1.00 bits per heavy atom. The molecule has 2 aromatic rings. The zero-order valence-electron chi connectivity index (χ0n) is 22.4. The second-order valence-corrected chi connectivity index (χ2v) is 10.3. The summed E-state index contributed by atoms with van der Waals surface area (Å²) < 4.78 is 30.5. The van der Waals surface area contributed by atoms with E-state index in [1.807, 2.05) is 6.92 Å². The third-order valence-electron chi connectivity index (χ3n) is 6.06. The molecule has 0 radical (unpaired) electrons. The number of hydrogen-bond acceptors (Lipinski definition) is 8. The molecule has 0 spiro atoms. The number of carbonyl (C=O) groups is 4. The molecule has 0 aromatic heterocycles. The van der Waals surface area contributed by atoms with Gasteiger partial charge >= 0.3 is 11.9 Å². The summed E-state index contributed by atoms with van der Waals surface area (Å²) in [4.78, 5) is 53.6. The number of carbonyl (C=O) groups excluding carboxylic acids is 4. The Hall–Kier alpha value is -3.21. The summed E-state index contributed by atoms with van der Waals surface area (Å²) in [7, 11) is 1.36. The number of esters is 2. The highest BCUT2D eigenvalue weighted by Crippen LogP contribution is 2.36. The molecular weight excluding hydrogens is 561 g/mol. The SMILES string of the molecule is CCCCOC(=O)CSc1cc(N(C(=O)C2=C(C(=O)OCOC)CCCC2)C(=O)c2ccccc2)c(F)cc1Cl. The van der Waals surface area contributed by atoms with Crippen LogP contribution in [0, 0.1) is 5.82 Å². The first-order valence-corrected chi connectivity index (χ1v) is 14.2. The van der Waals surface area contributed by atoms with Gasteiger partial charge in [0.1, 0.15) is 5.82 Å². The number of amides is 2. The summed E-state index contributed by atoms with van der Waals surface area (Å²) in [5.41, 5.74) is -0.0238. The summed E-state index contributed by atoms with van der Waals surface area (Å²) in [5.74, 6) is -3.85. The van der Waals surface area contributed by atoms with Crippen LogP contribution in [0.25, 0.3) is 0 Å². The molecule has 0 bridgehead atoms. The molecule has 0 saturated heterocycles. The van der Waals surface area contributed by atoms with Crippen LogP contribution in [-0.2, 0) is 28.6 Å². The summed E-state index contributed by atoms with van der Waals surface area (Å²) in [6, 6.07) is 10.2. The van der Waals surface area contributed by atoms with Crippen LogP contribution in [0.5, 0.6) is 0 Å². The van der Waals surface area contributed by atoms with Gasteiger partial charge in [-0.25, -0.2) is 14.1 Å². The molecule has 0 atom stereocenters. The number of benzene rings is 2. The van der Waals surface area contributed by atoms with Crippen LogP contribution >= 0.6 is 23.4 Å². The minimum Gasteiger partial charge on any atom is -0.465 e. The number of halogens is 2. The highest BCUT2D eigenvalue weighted by Gasteiger charge is 2.34. The smallest absolute Gasteiger partial charge is 0.336 e.